The van der Waals surface area contributed by atoms with Crippen molar-refractivity contribution >= 4 is 28.4 Å². The average Bonchev–Trinajstić information content (AvgIpc) is 2.96. The lowest BCUT2D eigenvalue weighted by molar-refractivity contribution is -0.121. The Morgan fingerprint density at radius 3 is 2.60 bits per heavy atom. The van der Waals surface area contributed by atoms with E-state index >= 15 is 0 Å². The van der Waals surface area contributed by atoms with Gasteiger partial charge in [-0.1, -0.05) is 48.9 Å². The number of carbonyl (C=O) groups is 1. The number of aryl methyl sites for hydroxylation is 1. The van der Waals surface area contributed by atoms with Crippen LogP contribution < -0.4 is 5.32 Å². The molecule has 0 saturated heterocycles. The maximum Gasteiger partial charge on any atom is 0.220 e. The molecule has 0 radical (unpaired) electrons. The van der Waals surface area contributed by atoms with Crippen molar-refractivity contribution in [2.24, 2.45) is 7.05 Å². The monoisotopic (exact) mass is 354 g/mol. The van der Waals surface area contributed by atoms with Crippen molar-refractivity contribution in [2.75, 3.05) is 6.54 Å². The quantitative estimate of drug-likeness (QED) is 0.672. The lowest BCUT2D eigenvalue weighted by Gasteiger charge is -2.17. The van der Waals surface area contributed by atoms with E-state index in [4.69, 9.17) is 11.6 Å². The van der Waals surface area contributed by atoms with Gasteiger partial charge in [-0.15, -0.1) is 0 Å². The van der Waals surface area contributed by atoms with E-state index in [1.54, 1.807) is 0 Å². The molecule has 0 aliphatic heterocycles. The van der Waals surface area contributed by atoms with Gasteiger partial charge in [-0.25, -0.2) is 0 Å². The fraction of sp³-hybridized carbons (Fsp3) is 0.286. The Hall–Kier alpha value is -2.26. The van der Waals surface area contributed by atoms with Crippen molar-refractivity contribution in [3.63, 3.8) is 0 Å². The van der Waals surface area contributed by atoms with Gasteiger partial charge in [0.15, 0.2) is 0 Å². The zero-order chi connectivity index (χ0) is 17.8. The number of carbonyl (C=O) groups excluding carboxylic acids is 1. The fourth-order valence-electron chi connectivity index (χ4n) is 3.28. The van der Waals surface area contributed by atoms with E-state index in [9.17, 15) is 4.79 Å². The van der Waals surface area contributed by atoms with Gasteiger partial charge in [-0.05, 0) is 35.7 Å². The molecule has 3 nitrogen and oxygen atoms in total. The molecule has 1 unspecified atom stereocenters. The van der Waals surface area contributed by atoms with Crippen LogP contribution in [0.4, 0.5) is 0 Å². The van der Waals surface area contributed by atoms with Crippen LogP contribution in [0, 0.1) is 0 Å². The fourth-order valence-corrected chi connectivity index (χ4v) is 3.40. The van der Waals surface area contributed by atoms with E-state index in [1.807, 2.05) is 43.4 Å². The second kappa shape index (κ2) is 7.75. The summed E-state index contributed by atoms with van der Waals surface area (Å²) in [5, 5.41) is 4.89. The summed E-state index contributed by atoms with van der Waals surface area (Å²) in [4.78, 5) is 12.4. The molecule has 0 fully saturated rings. The normalized spacial score (nSPS) is 12.3. The number of amides is 1. The van der Waals surface area contributed by atoms with Crippen LogP contribution in [0.3, 0.4) is 0 Å². The van der Waals surface area contributed by atoms with E-state index in [0.29, 0.717) is 18.0 Å². The van der Waals surface area contributed by atoms with Crippen molar-refractivity contribution in [2.45, 2.75) is 25.7 Å². The molecule has 3 aromatic rings. The Labute approximate surface area is 153 Å². The number of para-hydroxylation sites is 1. The molecule has 1 N–H and O–H groups in total. The van der Waals surface area contributed by atoms with E-state index in [-0.39, 0.29) is 11.8 Å². The highest BCUT2D eigenvalue weighted by Crippen LogP contribution is 2.34. The van der Waals surface area contributed by atoms with Crippen LogP contribution in [-0.4, -0.2) is 17.0 Å². The molecule has 2 aromatic carbocycles. The van der Waals surface area contributed by atoms with Gasteiger partial charge in [0, 0.05) is 48.1 Å². The zero-order valence-electron chi connectivity index (χ0n) is 14.6. The molecule has 0 bridgehead atoms. The lowest BCUT2D eigenvalue weighted by atomic mass is 9.88. The van der Waals surface area contributed by atoms with Crippen molar-refractivity contribution < 1.29 is 4.79 Å². The van der Waals surface area contributed by atoms with E-state index in [0.717, 1.165) is 12.0 Å². The minimum Gasteiger partial charge on any atom is -0.356 e. The summed E-state index contributed by atoms with van der Waals surface area (Å²) < 4.78 is 2.12. The SMILES string of the molecule is CCCNC(=O)CC(c1ccc(Cl)cc1)c1cn(C)c2ccccc12. The summed E-state index contributed by atoms with van der Waals surface area (Å²) in [5.74, 6) is 0.0787. The van der Waals surface area contributed by atoms with Crippen LogP contribution in [0.2, 0.25) is 5.02 Å². The highest BCUT2D eigenvalue weighted by atomic mass is 35.5. The topological polar surface area (TPSA) is 34.0 Å². The number of halogens is 1. The predicted octanol–water partition coefficient (Wildman–Crippen LogP) is 4.88. The predicted molar refractivity (Wildman–Crippen MR) is 104 cm³/mol. The Balaban J connectivity index is 2.03. The number of rotatable bonds is 6. The van der Waals surface area contributed by atoms with Gasteiger partial charge in [0.1, 0.15) is 0 Å². The molecule has 4 heteroatoms. The van der Waals surface area contributed by atoms with Crippen LogP contribution >= 0.6 is 11.6 Å². The van der Waals surface area contributed by atoms with Crippen LogP contribution in [0.1, 0.15) is 36.8 Å². The molecular weight excluding hydrogens is 332 g/mol. The van der Waals surface area contributed by atoms with Gasteiger partial charge in [0.05, 0.1) is 0 Å². The first-order valence-corrected chi connectivity index (χ1v) is 9.04. The van der Waals surface area contributed by atoms with Crippen molar-refractivity contribution in [3.05, 3.63) is 70.9 Å². The third-order valence-electron chi connectivity index (χ3n) is 4.54. The van der Waals surface area contributed by atoms with Crippen molar-refractivity contribution in [1.29, 1.82) is 0 Å². The maximum absolute atomic E-state index is 12.4. The van der Waals surface area contributed by atoms with Crippen molar-refractivity contribution in [3.8, 4) is 0 Å². The summed E-state index contributed by atoms with van der Waals surface area (Å²) in [6, 6.07) is 16.1. The number of aromatic nitrogens is 1. The summed E-state index contributed by atoms with van der Waals surface area (Å²) >= 11 is 6.05. The highest BCUT2D eigenvalue weighted by Gasteiger charge is 2.22. The Morgan fingerprint density at radius 1 is 1.16 bits per heavy atom. The Bertz CT molecular complexity index is 867. The molecule has 25 heavy (non-hydrogen) atoms. The van der Waals surface area contributed by atoms with Crippen molar-refractivity contribution in [1.82, 2.24) is 9.88 Å². The molecule has 1 atom stereocenters. The Morgan fingerprint density at radius 2 is 1.88 bits per heavy atom. The molecule has 130 valence electrons. The van der Waals surface area contributed by atoms with Crippen LogP contribution in [0.5, 0.6) is 0 Å². The third kappa shape index (κ3) is 3.88. The first kappa shape index (κ1) is 17.6. The highest BCUT2D eigenvalue weighted by molar-refractivity contribution is 6.30. The second-order valence-corrected chi connectivity index (χ2v) is 6.81. The third-order valence-corrected chi connectivity index (χ3v) is 4.79. The molecule has 1 amide bonds. The first-order chi connectivity index (χ1) is 12.1. The number of nitrogens with one attached hydrogen (secondary N) is 1. The van der Waals surface area contributed by atoms with Gasteiger partial charge in [-0.2, -0.15) is 0 Å². The average molecular weight is 355 g/mol. The molecule has 1 heterocycles. The van der Waals surface area contributed by atoms with Crippen LogP contribution in [0.25, 0.3) is 10.9 Å². The minimum absolute atomic E-state index is 0.000206. The summed E-state index contributed by atoms with van der Waals surface area (Å²) in [6.07, 6.45) is 3.50. The number of hydrogen-bond acceptors (Lipinski definition) is 1. The lowest BCUT2D eigenvalue weighted by Crippen LogP contribution is -2.26. The van der Waals surface area contributed by atoms with Gasteiger partial charge in [0.25, 0.3) is 0 Å². The number of benzene rings is 2. The second-order valence-electron chi connectivity index (χ2n) is 6.37. The number of hydrogen-bond donors (Lipinski definition) is 1. The molecule has 0 spiro atoms. The molecule has 3 rings (SSSR count). The van der Waals surface area contributed by atoms with E-state index in [2.05, 4.69) is 35.1 Å². The van der Waals surface area contributed by atoms with Gasteiger partial charge in [0.2, 0.25) is 5.91 Å². The van der Waals surface area contributed by atoms with E-state index < -0.39 is 0 Å². The molecule has 1 aromatic heterocycles. The summed E-state index contributed by atoms with van der Waals surface area (Å²) in [6.45, 7) is 2.77. The number of fused-ring (bicyclic) bond motifs is 1. The summed E-state index contributed by atoms with van der Waals surface area (Å²) in [5.41, 5.74) is 3.45. The largest absolute Gasteiger partial charge is 0.356 e. The summed E-state index contributed by atoms with van der Waals surface area (Å²) in [7, 11) is 2.04. The number of nitrogens with zero attached hydrogens (tertiary/aromatic N) is 1. The van der Waals surface area contributed by atoms with Crippen LogP contribution in [-0.2, 0) is 11.8 Å². The van der Waals surface area contributed by atoms with Gasteiger partial charge < -0.3 is 9.88 Å². The molecular formula is C21H23ClN2O. The van der Waals surface area contributed by atoms with Crippen LogP contribution in [0.15, 0.2) is 54.7 Å². The zero-order valence-corrected chi connectivity index (χ0v) is 15.4. The Kier molecular flexibility index (Phi) is 5.44. The molecule has 0 aliphatic rings. The smallest absolute Gasteiger partial charge is 0.220 e. The minimum atomic E-state index is 0.000206. The van der Waals surface area contributed by atoms with Gasteiger partial charge in [-0.3, -0.25) is 4.79 Å². The molecule has 0 saturated carbocycles. The van der Waals surface area contributed by atoms with E-state index in [1.165, 1.54) is 16.5 Å². The van der Waals surface area contributed by atoms with Gasteiger partial charge >= 0.3 is 0 Å². The standard InChI is InChI=1S/C21H23ClN2O/c1-3-12-23-21(25)13-18(15-8-10-16(22)11-9-15)19-14-24(2)20-7-5-4-6-17(19)20/h4-11,14,18H,3,12-13H2,1-2H3,(H,23,25). The first-order valence-electron chi connectivity index (χ1n) is 8.66. The maximum atomic E-state index is 12.4. The molecule has 0 aliphatic carbocycles.